The lowest BCUT2D eigenvalue weighted by Gasteiger charge is -2.15. The normalized spacial score (nSPS) is 15.7. The predicted octanol–water partition coefficient (Wildman–Crippen LogP) is -0.0190. The summed E-state index contributed by atoms with van der Waals surface area (Å²) >= 11 is 3.99. The first-order chi connectivity index (χ1) is 7.28. The molecule has 0 saturated carbocycles. The van der Waals surface area contributed by atoms with Crippen LogP contribution in [0, 0.1) is 0 Å². The van der Waals surface area contributed by atoms with Crippen LogP contribution in [0.1, 0.15) is 0 Å². The van der Waals surface area contributed by atoms with Gasteiger partial charge in [-0.05, 0) is 27.4 Å². The van der Waals surface area contributed by atoms with E-state index in [0.717, 1.165) is 11.3 Å². The number of sulfone groups is 1. The van der Waals surface area contributed by atoms with Crippen LogP contribution in [0.3, 0.4) is 0 Å². The first-order valence-electron chi connectivity index (χ1n) is 3.99. The zero-order valence-corrected chi connectivity index (χ0v) is 11.0. The minimum absolute atomic E-state index is 0.0169. The van der Waals surface area contributed by atoms with E-state index in [9.17, 15) is 13.2 Å². The number of hydrogen-bond donors (Lipinski definition) is 3. The molecular formula is C7H9BrN2O4S2. The second kappa shape index (κ2) is 4.80. The highest BCUT2D eigenvalue weighted by Gasteiger charge is 2.35. The summed E-state index contributed by atoms with van der Waals surface area (Å²) in [7, 11) is -3.93. The van der Waals surface area contributed by atoms with E-state index < -0.39 is 27.2 Å². The second-order valence-corrected chi connectivity index (χ2v) is 7.00. The van der Waals surface area contributed by atoms with Crippen LogP contribution in [-0.4, -0.2) is 30.9 Å². The first-order valence-corrected chi connectivity index (χ1v) is 7.21. The standard InChI is InChI=1S/C7H9BrN2O4S2/c8-3-1-2-15-7(3)16(13,14)5(10)4(9)6(11)12/h1-2,4-5H,9-10H2,(H,11,12). The van der Waals surface area contributed by atoms with Crippen LogP contribution >= 0.6 is 27.3 Å². The summed E-state index contributed by atoms with van der Waals surface area (Å²) in [6.07, 6.45) is 0. The average Bonchev–Trinajstić information content (AvgIpc) is 2.62. The maximum Gasteiger partial charge on any atom is 0.323 e. The van der Waals surface area contributed by atoms with Crippen molar-refractivity contribution in [1.29, 1.82) is 0 Å². The fourth-order valence-electron chi connectivity index (χ4n) is 0.940. The molecule has 0 aromatic carbocycles. The summed E-state index contributed by atoms with van der Waals surface area (Å²) in [5.74, 6) is -1.45. The summed E-state index contributed by atoms with van der Waals surface area (Å²) in [6, 6.07) is -0.115. The topological polar surface area (TPSA) is 123 Å². The molecule has 0 saturated heterocycles. The van der Waals surface area contributed by atoms with Gasteiger partial charge in [-0.3, -0.25) is 4.79 Å². The third-order valence-corrected chi connectivity index (χ3v) is 6.46. The van der Waals surface area contributed by atoms with Crippen molar-refractivity contribution in [2.24, 2.45) is 11.5 Å². The number of rotatable bonds is 4. The lowest BCUT2D eigenvalue weighted by Crippen LogP contribution is -2.51. The van der Waals surface area contributed by atoms with Gasteiger partial charge in [0.1, 0.15) is 15.6 Å². The molecule has 1 rings (SSSR count). The molecule has 0 fully saturated rings. The molecule has 0 amide bonds. The van der Waals surface area contributed by atoms with Gasteiger partial charge in [-0.15, -0.1) is 11.3 Å². The fourth-order valence-corrected chi connectivity index (χ4v) is 4.84. The lowest BCUT2D eigenvalue weighted by molar-refractivity contribution is -0.138. The summed E-state index contributed by atoms with van der Waals surface area (Å²) in [5, 5.41) is 8.49. The third kappa shape index (κ3) is 2.43. The summed E-state index contributed by atoms with van der Waals surface area (Å²) < 4.78 is 24.1. The van der Waals surface area contributed by atoms with Gasteiger partial charge in [-0.2, -0.15) is 0 Å². The van der Waals surface area contributed by atoms with Gasteiger partial charge in [0.15, 0.2) is 0 Å². The number of hydrogen-bond acceptors (Lipinski definition) is 6. The van der Waals surface area contributed by atoms with Crippen molar-refractivity contribution < 1.29 is 18.3 Å². The molecule has 0 radical (unpaired) electrons. The Labute approximate surface area is 104 Å². The number of thiophene rings is 1. The number of aliphatic carboxylic acids is 1. The Hall–Kier alpha value is -0.480. The van der Waals surface area contributed by atoms with Crippen LogP contribution in [-0.2, 0) is 14.6 Å². The van der Waals surface area contributed by atoms with Crippen LogP contribution in [0.5, 0.6) is 0 Å². The highest BCUT2D eigenvalue weighted by atomic mass is 79.9. The number of carboxylic acid groups (broad SMARTS) is 1. The van der Waals surface area contributed by atoms with Crippen molar-refractivity contribution in [1.82, 2.24) is 0 Å². The van der Waals surface area contributed by atoms with Gasteiger partial charge < -0.3 is 16.6 Å². The van der Waals surface area contributed by atoms with Crippen LogP contribution in [0.4, 0.5) is 0 Å². The zero-order chi connectivity index (χ0) is 12.5. The minimum Gasteiger partial charge on any atom is -0.480 e. The molecule has 0 aliphatic heterocycles. The van der Waals surface area contributed by atoms with E-state index in [1.54, 1.807) is 5.38 Å². The maximum atomic E-state index is 11.9. The van der Waals surface area contributed by atoms with Crippen LogP contribution < -0.4 is 11.5 Å². The van der Waals surface area contributed by atoms with Crippen molar-refractivity contribution in [3.63, 3.8) is 0 Å². The molecular weight excluding hydrogens is 320 g/mol. The molecule has 1 aromatic heterocycles. The zero-order valence-electron chi connectivity index (χ0n) is 7.83. The second-order valence-electron chi connectivity index (χ2n) is 2.93. The fraction of sp³-hybridized carbons (Fsp3) is 0.286. The van der Waals surface area contributed by atoms with Crippen molar-refractivity contribution in [2.45, 2.75) is 15.6 Å². The molecule has 1 heterocycles. The van der Waals surface area contributed by atoms with Gasteiger partial charge >= 0.3 is 5.97 Å². The van der Waals surface area contributed by atoms with E-state index in [4.69, 9.17) is 16.6 Å². The van der Waals surface area contributed by atoms with Gasteiger partial charge in [0.2, 0.25) is 9.84 Å². The van der Waals surface area contributed by atoms with Crippen LogP contribution in [0.25, 0.3) is 0 Å². The van der Waals surface area contributed by atoms with Gasteiger partial charge in [0.05, 0.1) is 0 Å². The number of nitrogens with two attached hydrogens (primary N) is 2. The Balaban J connectivity index is 3.13. The summed E-state index contributed by atoms with van der Waals surface area (Å²) in [4.78, 5) is 10.6. The smallest absolute Gasteiger partial charge is 0.323 e. The molecule has 0 aliphatic rings. The molecule has 6 nitrogen and oxygen atoms in total. The Morgan fingerprint density at radius 2 is 2.06 bits per heavy atom. The molecule has 0 bridgehead atoms. The van der Waals surface area contributed by atoms with Crippen molar-refractivity contribution in [3.05, 3.63) is 15.9 Å². The Kier molecular flexibility index (Phi) is 4.07. The van der Waals surface area contributed by atoms with E-state index >= 15 is 0 Å². The van der Waals surface area contributed by atoms with Gasteiger partial charge in [0, 0.05) is 4.47 Å². The molecule has 2 atom stereocenters. The van der Waals surface area contributed by atoms with Crippen molar-refractivity contribution in [3.8, 4) is 0 Å². The van der Waals surface area contributed by atoms with E-state index in [1.807, 2.05) is 0 Å². The van der Waals surface area contributed by atoms with Crippen molar-refractivity contribution in [2.75, 3.05) is 0 Å². The highest BCUT2D eigenvalue weighted by molar-refractivity contribution is 9.10. The number of carboxylic acids is 1. The van der Waals surface area contributed by atoms with E-state index in [0.29, 0.717) is 4.47 Å². The molecule has 0 aliphatic carbocycles. The van der Waals surface area contributed by atoms with E-state index in [2.05, 4.69) is 15.9 Å². The Morgan fingerprint density at radius 1 is 1.50 bits per heavy atom. The van der Waals surface area contributed by atoms with Crippen LogP contribution in [0.2, 0.25) is 0 Å². The van der Waals surface area contributed by atoms with Gasteiger partial charge in [-0.25, -0.2) is 8.42 Å². The highest BCUT2D eigenvalue weighted by Crippen LogP contribution is 2.30. The number of halogens is 1. The largest absolute Gasteiger partial charge is 0.480 e. The average molecular weight is 329 g/mol. The summed E-state index contributed by atoms with van der Waals surface area (Å²) in [6.45, 7) is 0. The third-order valence-electron chi connectivity index (χ3n) is 1.84. The quantitative estimate of drug-likeness (QED) is 0.713. The SMILES string of the molecule is NC(C(=O)O)C(N)S(=O)(=O)c1sccc1Br. The minimum atomic E-state index is -3.93. The molecule has 1 aromatic rings. The molecule has 90 valence electrons. The Bertz CT molecular complexity index is 498. The molecule has 5 N–H and O–H groups in total. The lowest BCUT2D eigenvalue weighted by atomic mass is 10.3. The van der Waals surface area contributed by atoms with Crippen molar-refractivity contribution >= 4 is 43.1 Å². The van der Waals surface area contributed by atoms with Gasteiger partial charge in [-0.1, -0.05) is 0 Å². The maximum absolute atomic E-state index is 11.9. The monoisotopic (exact) mass is 328 g/mol. The van der Waals surface area contributed by atoms with Crippen LogP contribution in [0.15, 0.2) is 20.1 Å². The van der Waals surface area contributed by atoms with E-state index in [-0.39, 0.29) is 4.21 Å². The Morgan fingerprint density at radius 3 is 2.44 bits per heavy atom. The predicted molar refractivity (Wildman–Crippen MR) is 62.8 cm³/mol. The first kappa shape index (κ1) is 13.6. The summed E-state index contributed by atoms with van der Waals surface area (Å²) in [5.41, 5.74) is 10.5. The molecule has 9 heteroatoms. The molecule has 16 heavy (non-hydrogen) atoms. The molecule has 2 unspecified atom stereocenters. The van der Waals surface area contributed by atoms with E-state index in [1.165, 1.54) is 6.07 Å². The molecule has 0 spiro atoms. The van der Waals surface area contributed by atoms with Gasteiger partial charge in [0.25, 0.3) is 0 Å². The number of carbonyl (C=O) groups is 1.